The van der Waals surface area contributed by atoms with Crippen molar-refractivity contribution in [2.24, 2.45) is 5.10 Å². The second-order valence-electron chi connectivity index (χ2n) is 4.45. The third-order valence-corrected chi connectivity index (χ3v) is 3.95. The van der Waals surface area contributed by atoms with Crippen molar-refractivity contribution in [3.8, 4) is 0 Å². The van der Waals surface area contributed by atoms with Gasteiger partial charge in [0.15, 0.2) is 0 Å². The summed E-state index contributed by atoms with van der Waals surface area (Å²) >= 11 is 23.4. The van der Waals surface area contributed by atoms with Gasteiger partial charge in [-0.2, -0.15) is 5.10 Å². The fourth-order valence-corrected chi connectivity index (χ4v) is 2.53. The first-order valence-electron chi connectivity index (χ1n) is 6.41. The highest BCUT2D eigenvalue weighted by Crippen LogP contribution is 2.24. The van der Waals surface area contributed by atoms with Gasteiger partial charge in [-0.05, 0) is 24.3 Å². The average molecular weight is 405 g/mol. The molecule has 0 aliphatic carbocycles. The molecule has 124 valence electrons. The maximum atomic E-state index is 11.8. The van der Waals surface area contributed by atoms with Gasteiger partial charge in [-0.1, -0.05) is 58.5 Å². The number of nitrogens with zero attached hydrogens (tertiary/aromatic N) is 1. The molecule has 0 unspecified atom stereocenters. The van der Waals surface area contributed by atoms with Crippen LogP contribution >= 0.6 is 46.4 Å². The Morgan fingerprint density at radius 3 is 2.29 bits per heavy atom. The van der Waals surface area contributed by atoms with Crippen molar-refractivity contribution in [3.63, 3.8) is 0 Å². The van der Waals surface area contributed by atoms with Crippen molar-refractivity contribution >= 4 is 70.1 Å². The second-order valence-corrected chi connectivity index (χ2v) is 6.11. The van der Waals surface area contributed by atoms with Crippen LogP contribution in [0.25, 0.3) is 0 Å². The summed E-state index contributed by atoms with van der Waals surface area (Å²) in [5, 5.41) is 7.30. The van der Waals surface area contributed by atoms with Crippen LogP contribution in [0.5, 0.6) is 0 Å². The van der Waals surface area contributed by atoms with E-state index in [2.05, 4.69) is 15.8 Å². The van der Waals surface area contributed by atoms with Gasteiger partial charge in [0.2, 0.25) is 0 Å². The van der Waals surface area contributed by atoms with Crippen LogP contribution in [0.3, 0.4) is 0 Å². The molecule has 0 saturated heterocycles. The molecule has 0 radical (unpaired) electrons. The van der Waals surface area contributed by atoms with Crippen LogP contribution in [0.2, 0.25) is 20.1 Å². The first-order valence-corrected chi connectivity index (χ1v) is 7.92. The Bertz CT molecular complexity index is 804. The first-order chi connectivity index (χ1) is 11.4. The number of hydrogen-bond donors (Lipinski definition) is 2. The van der Waals surface area contributed by atoms with Crippen LogP contribution in [0, 0.1) is 0 Å². The molecule has 0 spiro atoms. The van der Waals surface area contributed by atoms with Crippen LogP contribution in [-0.4, -0.2) is 18.0 Å². The minimum absolute atomic E-state index is 0.287. The zero-order chi connectivity index (χ0) is 17.7. The van der Waals surface area contributed by atoms with E-state index in [4.69, 9.17) is 46.4 Å². The van der Waals surface area contributed by atoms with Crippen molar-refractivity contribution in [2.45, 2.75) is 0 Å². The molecule has 0 fully saturated rings. The lowest BCUT2D eigenvalue weighted by Gasteiger charge is -2.05. The molecule has 0 saturated carbocycles. The van der Waals surface area contributed by atoms with E-state index in [1.807, 2.05) is 0 Å². The monoisotopic (exact) mass is 403 g/mol. The van der Waals surface area contributed by atoms with Crippen LogP contribution in [0.15, 0.2) is 41.5 Å². The summed E-state index contributed by atoms with van der Waals surface area (Å²) in [6, 6.07) is 9.34. The Labute approximate surface area is 157 Å². The number of carbonyl (C=O) groups excluding carboxylic acids is 2. The van der Waals surface area contributed by atoms with Gasteiger partial charge >= 0.3 is 11.8 Å². The van der Waals surface area contributed by atoms with Crippen LogP contribution in [0.1, 0.15) is 5.56 Å². The fourth-order valence-electron chi connectivity index (χ4n) is 1.65. The number of rotatable bonds is 3. The molecule has 5 nitrogen and oxygen atoms in total. The largest absolute Gasteiger partial charge is 0.329 e. The van der Waals surface area contributed by atoms with E-state index in [0.717, 1.165) is 0 Å². The zero-order valence-corrected chi connectivity index (χ0v) is 14.8. The van der Waals surface area contributed by atoms with Gasteiger partial charge in [0, 0.05) is 21.3 Å². The predicted molar refractivity (Wildman–Crippen MR) is 97.3 cm³/mol. The summed E-state index contributed by atoms with van der Waals surface area (Å²) in [7, 11) is 0. The maximum absolute atomic E-state index is 11.8. The van der Waals surface area contributed by atoms with Crippen LogP contribution in [-0.2, 0) is 9.59 Å². The van der Waals surface area contributed by atoms with Crippen molar-refractivity contribution in [1.29, 1.82) is 0 Å². The molecule has 0 aliphatic heterocycles. The molecule has 9 heteroatoms. The molecule has 0 bridgehead atoms. The van der Waals surface area contributed by atoms with E-state index in [0.29, 0.717) is 20.6 Å². The van der Waals surface area contributed by atoms with E-state index >= 15 is 0 Å². The Balaban J connectivity index is 1.98. The van der Waals surface area contributed by atoms with Gasteiger partial charge < -0.3 is 5.32 Å². The van der Waals surface area contributed by atoms with Gasteiger partial charge in [-0.25, -0.2) is 5.43 Å². The molecule has 0 atom stereocenters. The minimum Gasteiger partial charge on any atom is -0.318 e. The fraction of sp³-hybridized carbons (Fsp3) is 0. The molecule has 2 rings (SSSR count). The number of amides is 2. The van der Waals surface area contributed by atoms with Gasteiger partial charge in [0.05, 0.1) is 16.3 Å². The molecular formula is C15H9Cl4N3O2. The van der Waals surface area contributed by atoms with Crippen LogP contribution in [0.4, 0.5) is 5.69 Å². The van der Waals surface area contributed by atoms with E-state index in [9.17, 15) is 9.59 Å². The smallest absolute Gasteiger partial charge is 0.318 e. The molecule has 2 aromatic carbocycles. The number of halogens is 4. The molecule has 0 heterocycles. The lowest BCUT2D eigenvalue weighted by atomic mass is 10.2. The molecule has 0 aromatic heterocycles. The quantitative estimate of drug-likeness (QED) is 0.452. The topological polar surface area (TPSA) is 70.6 Å². The van der Waals surface area contributed by atoms with Gasteiger partial charge in [0.1, 0.15) is 0 Å². The normalized spacial score (nSPS) is 10.7. The highest BCUT2D eigenvalue weighted by atomic mass is 35.5. The molecular weight excluding hydrogens is 396 g/mol. The number of anilines is 1. The Morgan fingerprint density at radius 1 is 0.958 bits per heavy atom. The van der Waals surface area contributed by atoms with Crippen molar-refractivity contribution in [3.05, 3.63) is 62.1 Å². The summed E-state index contributed by atoms with van der Waals surface area (Å²) in [6.45, 7) is 0. The Morgan fingerprint density at radius 2 is 1.62 bits per heavy atom. The zero-order valence-electron chi connectivity index (χ0n) is 11.8. The van der Waals surface area contributed by atoms with Gasteiger partial charge in [-0.15, -0.1) is 0 Å². The van der Waals surface area contributed by atoms with E-state index in [1.165, 1.54) is 24.4 Å². The highest BCUT2D eigenvalue weighted by molar-refractivity contribution is 6.43. The second kappa shape index (κ2) is 8.35. The number of benzene rings is 2. The number of hydrazone groups is 1. The van der Waals surface area contributed by atoms with E-state index < -0.39 is 11.8 Å². The van der Waals surface area contributed by atoms with E-state index in [-0.39, 0.29) is 10.7 Å². The highest BCUT2D eigenvalue weighted by Gasteiger charge is 2.13. The molecule has 2 amide bonds. The van der Waals surface area contributed by atoms with Crippen LogP contribution < -0.4 is 10.7 Å². The molecule has 24 heavy (non-hydrogen) atoms. The summed E-state index contributed by atoms with van der Waals surface area (Å²) in [6.07, 6.45) is 1.27. The average Bonchev–Trinajstić information content (AvgIpc) is 2.50. The summed E-state index contributed by atoms with van der Waals surface area (Å²) in [5.74, 6) is -1.90. The van der Waals surface area contributed by atoms with Gasteiger partial charge in [-0.3, -0.25) is 9.59 Å². The first kappa shape index (κ1) is 18.5. The summed E-state index contributed by atoms with van der Waals surface area (Å²) < 4.78 is 0. The number of nitrogens with one attached hydrogen (secondary N) is 2. The van der Waals surface area contributed by atoms with Crippen molar-refractivity contribution in [2.75, 3.05) is 5.32 Å². The lowest BCUT2D eigenvalue weighted by Crippen LogP contribution is -2.32. The third-order valence-electron chi connectivity index (χ3n) is 2.68. The molecule has 2 N–H and O–H groups in total. The van der Waals surface area contributed by atoms with Gasteiger partial charge in [0.25, 0.3) is 0 Å². The Kier molecular flexibility index (Phi) is 6.45. The summed E-state index contributed by atoms with van der Waals surface area (Å²) in [5.41, 5.74) is 2.86. The standard InChI is InChI=1S/C15H9Cl4N3O2/c16-9-4-10(17)6-11(5-9)21-14(23)15(24)22-20-7-8-2-1-3-12(18)13(8)19/h1-7H,(H,21,23)(H,22,24)/b20-7-. The molecule has 2 aromatic rings. The van der Waals surface area contributed by atoms with Crippen molar-refractivity contribution < 1.29 is 9.59 Å². The lowest BCUT2D eigenvalue weighted by molar-refractivity contribution is -0.136. The molecule has 0 aliphatic rings. The van der Waals surface area contributed by atoms with Crippen molar-refractivity contribution in [1.82, 2.24) is 5.43 Å². The minimum atomic E-state index is -0.972. The third kappa shape index (κ3) is 5.11. The van der Waals surface area contributed by atoms with E-state index in [1.54, 1.807) is 18.2 Å². The Hall–Kier alpha value is -1.79. The summed E-state index contributed by atoms with van der Waals surface area (Å²) in [4.78, 5) is 23.5. The maximum Gasteiger partial charge on any atom is 0.329 e. The SMILES string of the molecule is O=C(N/N=C\c1cccc(Cl)c1Cl)C(=O)Nc1cc(Cl)cc(Cl)c1. The number of hydrogen-bond acceptors (Lipinski definition) is 3. The number of carbonyl (C=O) groups is 2. The predicted octanol–water partition coefficient (Wildman–Crippen LogP) is 4.39.